The van der Waals surface area contributed by atoms with Crippen LogP contribution in [0.5, 0.6) is 0 Å². The topological polar surface area (TPSA) is 24.7 Å². The van der Waals surface area contributed by atoms with Crippen LogP contribution in [0, 0.1) is 6.92 Å². The van der Waals surface area contributed by atoms with Gasteiger partial charge in [-0.25, -0.2) is 8.78 Å². The molecule has 0 unspecified atom stereocenters. The number of rotatable bonds is 8. The monoisotopic (exact) mass is 366 g/mol. The van der Waals surface area contributed by atoms with Gasteiger partial charge in [0.2, 0.25) is 0 Å². The molecule has 1 aromatic rings. The second kappa shape index (κ2) is 10.9. The molecule has 0 heterocycles. The molecule has 0 radical (unpaired) electrons. The van der Waals surface area contributed by atoms with Crippen LogP contribution in [0.4, 0.5) is 14.5 Å². The number of allylic oxidation sites excluding steroid dienone is 3. The van der Waals surface area contributed by atoms with Crippen LogP contribution in [0.1, 0.15) is 45.6 Å². The van der Waals surface area contributed by atoms with E-state index in [1.165, 1.54) is 6.20 Å². The molecule has 136 valence electrons. The Morgan fingerprint density at radius 3 is 2.52 bits per heavy atom. The molecule has 0 spiro atoms. The van der Waals surface area contributed by atoms with Gasteiger partial charge in [0.05, 0.1) is 5.69 Å². The van der Waals surface area contributed by atoms with Gasteiger partial charge in [-0.3, -0.25) is 9.98 Å². The number of hydrogen-bond donors (Lipinski definition) is 0. The molecular formula is C20H25ClF2N2. The van der Waals surface area contributed by atoms with Gasteiger partial charge in [-0.05, 0) is 50.5 Å². The molecule has 2 nitrogen and oxygen atoms in total. The van der Waals surface area contributed by atoms with E-state index < -0.39 is 6.43 Å². The van der Waals surface area contributed by atoms with E-state index in [2.05, 4.69) is 9.98 Å². The Bertz CT molecular complexity index is 689. The van der Waals surface area contributed by atoms with E-state index in [4.69, 9.17) is 11.6 Å². The Balaban J connectivity index is 3.39. The molecule has 0 amide bonds. The molecule has 25 heavy (non-hydrogen) atoms. The highest BCUT2D eigenvalue weighted by Gasteiger charge is 2.21. The highest BCUT2D eigenvalue weighted by Crippen LogP contribution is 2.25. The van der Waals surface area contributed by atoms with Gasteiger partial charge in [0, 0.05) is 22.5 Å². The summed E-state index contributed by atoms with van der Waals surface area (Å²) in [5.41, 5.74) is 2.39. The zero-order valence-corrected chi connectivity index (χ0v) is 15.9. The van der Waals surface area contributed by atoms with Crippen LogP contribution in [0.3, 0.4) is 0 Å². The van der Waals surface area contributed by atoms with Gasteiger partial charge < -0.3 is 0 Å². The molecule has 1 aromatic carbocycles. The summed E-state index contributed by atoms with van der Waals surface area (Å²) in [5, 5.41) is 0.624. The van der Waals surface area contributed by atoms with Gasteiger partial charge in [0.15, 0.2) is 0 Å². The predicted molar refractivity (Wildman–Crippen MR) is 105 cm³/mol. The average molecular weight is 367 g/mol. The van der Waals surface area contributed by atoms with E-state index in [0.29, 0.717) is 22.7 Å². The van der Waals surface area contributed by atoms with E-state index in [9.17, 15) is 8.78 Å². The molecule has 0 atom stereocenters. The number of nitrogens with zero attached hydrogens (tertiary/aromatic N) is 2. The Morgan fingerprint density at radius 2 is 2.00 bits per heavy atom. The van der Waals surface area contributed by atoms with Gasteiger partial charge >= 0.3 is 0 Å². The van der Waals surface area contributed by atoms with Crippen LogP contribution in [0.25, 0.3) is 0 Å². The Morgan fingerprint density at radius 1 is 1.28 bits per heavy atom. The fourth-order valence-electron chi connectivity index (χ4n) is 2.32. The normalized spacial score (nSPS) is 14.0. The van der Waals surface area contributed by atoms with Crippen LogP contribution in [-0.4, -0.2) is 17.8 Å². The van der Waals surface area contributed by atoms with Crippen molar-refractivity contribution in [1.82, 2.24) is 0 Å². The third-order valence-electron chi connectivity index (χ3n) is 3.54. The van der Waals surface area contributed by atoms with Gasteiger partial charge in [-0.15, -0.1) is 0 Å². The first-order valence-electron chi connectivity index (χ1n) is 8.46. The molecule has 0 saturated heterocycles. The van der Waals surface area contributed by atoms with Crippen molar-refractivity contribution in [3.05, 3.63) is 52.7 Å². The van der Waals surface area contributed by atoms with Crippen LogP contribution in [0.15, 0.2) is 52.1 Å². The molecular weight excluding hydrogens is 342 g/mol. The molecule has 0 aliphatic carbocycles. The van der Waals surface area contributed by atoms with E-state index in [0.717, 1.165) is 24.1 Å². The third kappa shape index (κ3) is 6.54. The fourth-order valence-corrected chi connectivity index (χ4v) is 2.55. The minimum Gasteiger partial charge on any atom is -0.255 e. The SMILES string of the molecule is C\C=C(C(CCC)=Nc1ccc(Cl)cc1C)/C(=N/C=C\CC)C(F)F. The molecule has 5 heteroatoms. The van der Waals surface area contributed by atoms with Crippen molar-refractivity contribution in [2.24, 2.45) is 9.98 Å². The van der Waals surface area contributed by atoms with Gasteiger partial charge in [0.25, 0.3) is 6.43 Å². The molecule has 0 aliphatic rings. The second-order valence-electron chi connectivity index (χ2n) is 5.55. The Labute approximate surface area is 154 Å². The predicted octanol–water partition coefficient (Wildman–Crippen LogP) is 7.10. The summed E-state index contributed by atoms with van der Waals surface area (Å²) in [6, 6.07) is 5.36. The summed E-state index contributed by atoms with van der Waals surface area (Å²) in [4.78, 5) is 8.62. The lowest BCUT2D eigenvalue weighted by molar-refractivity contribution is 0.226. The van der Waals surface area contributed by atoms with Crippen molar-refractivity contribution in [2.75, 3.05) is 0 Å². The number of hydrogen-bond acceptors (Lipinski definition) is 2. The van der Waals surface area contributed by atoms with E-state index in [1.54, 1.807) is 31.2 Å². The van der Waals surface area contributed by atoms with Gasteiger partial charge in [-0.1, -0.05) is 44.0 Å². The third-order valence-corrected chi connectivity index (χ3v) is 3.77. The van der Waals surface area contributed by atoms with Crippen LogP contribution >= 0.6 is 11.6 Å². The molecule has 0 aromatic heterocycles. The lowest BCUT2D eigenvalue weighted by atomic mass is 10.0. The quantitative estimate of drug-likeness (QED) is 0.438. The van der Waals surface area contributed by atoms with Crippen molar-refractivity contribution in [2.45, 2.75) is 53.4 Å². The fraction of sp³-hybridized carbons (Fsp3) is 0.400. The van der Waals surface area contributed by atoms with Crippen LogP contribution < -0.4 is 0 Å². The Kier molecular flexibility index (Phi) is 9.28. The molecule has 0 fully saturated rings. The maximum atomic E-state index is 13.6. The van der Waals surface area contributed by atoms with Crippen molar-refractivity contribution >= 4 is 28.7 Å². The summed E-state index contributed by atoms with van der Waals surface area (Å²) < 4.78 is 27.1. The van der Waals surface area contributed by atoms with E-state index in [-0.39, 0.29) is 5.71 Å². The van der Waals surface area contributed by atoms with Crippen molar-refractivity contribution in [1.29, 1.82) is 0 Å². The highest BCUT2D eigenvalue weighted by atomic mass is 35.5. The minimum absolute atomic E-state index is 0.244. The standard InChI is InChI=1S/C20H25ClF2N2/c1-5-8-12-24-19(20(22)23)16(7-3)18(9-6-2)25-17-11-10-15(21)13-14(17)4/h7-8,10-13,20H,5-6,9H2,1-4H3/b12-8-,16-7-,24-19-,25-18?. The summed E-state index contributed by atoms with van der Waals surface area (Å²) in [6.07, 6.45) is 4.30. The number of aliphatic imine (C=N–C) groups is 2. The number of alkyl halides is 2. The average Bonchev–Trinajstić information content (AvgIpc) is 2.56. The molecule has 0 bridgehead atoms. The van der Waals surface area contributed by atoms with Gasteiger partial charge in [-0.2, -0.15) is 0 Å². The molecule has 0 aliphatic heterocycles. The highest BCUT2D eigenvalue weighted by molar-refractivity contribution is 6.30. The molecule has 1 rings (SSSR count). The zero-order valence-electron chi connectivity index (χ0n) is 15.2. The summed E-state index contributed by atoms with van der Waals surface area (Å²) in [7, 11) is 0. The number of aryl methyl sites for hydroxylation is 1. The van der Waals surface area contributed by atoms with Crippen LogP contribution in [0.2, 0.25) is 5.02 Å². The largest absolute Gasteiger partial charge is 0.281 e. The maximum Gasteiger partial charge on any atom is 0.281 e. The maximum absolute atomic E-state index is 13.6. The molecule has 0 saturated carbocycles. The van der Waals surface area contributed by atoms with Crippen molar-refractivity contribution in [3.63, 3.8) is 0 Å². The lowest BCUT2D eigenvalue weighted by Gasteiger charge is -2.13. The number of halogens is 3. The smallest absolute Gasteiger partial charge is 0.255 e. The number of benzene rings is 1. The summed E-state index contributed by atoms with van der Waals surface area (Å²) in [5.74, 6) is 0. The van der Waals surface area contributed by atoms with E-state index in [1.807, 2.05) is 26.8 Å². The second-order valence-corrected chi connectivity index (χ2v) is 5.99. The summed E-state index contributed by atoms with van der Waals surface area (Å²) in [6.45, 7) is 7.55. The first kappa shape index (κ1) is 21.2. The zero-order chi connectivity index (χ0) is 18.8. The minimum atomic E-state index is -2.67. The first-order valence-corrected chi connectivity index (χ1v) is 8.83. The van der Waals surface area contributed by atoms with Crippen LogP contribution in [-0.2, 0) is 0 Å². The lowest BCUT2D eigenvalue weighted by Crippen LogP contribution is -2.20. The van der Waals surface area contributed by atoms with E-state index >= 15 is 0 Å². The first-order chi connectivity index (χ1) is 11.9. The van der Waals surface area contributed by atoms with Crippen molar-refractivity contribution in [3.8, 4) is 0 Å². The Hall–Kier alpha value is -1.81. The molecule has 0 N–H and O–H groups in total. The summed E-state index contributed by atoms with van der Waals surface area (Å²) >= 11 is 5.98. The van der Waals surface area contributed by atoms with Gasteiger partial charge in [0.1, 0.15) is 5.71 Å². The van der Waals surface area contributed by atoms with Crippen molar-refractivity contribution < 1.29 is 8.78 Å².